The number of aliphatic hydroxyl groups excluding tert-OH is 1. The molecule has 0 amide bonds. The Morgan fingerprint density at radius 3 is 2.30 bits per heavy atom. The van der Waals surface area contributed by atoms with Gasteiger partial charge in [0.05, 0.1) is 21.3 Å². The molecule has 23 heavy (non-hydrogen) atoms. The summed E-state index contributed by atoms with van der Waals surface area (Å²) in [6, 6.07) is 5.49. The van der Waals surface area contributed by atoms with Gasteiger partial charge in [0.1, 0.15) is 11.8 Å². The first-order valence-electron chi connectivity index (χ1n) is 6.95. The summed E-state index contributed by atoms with van der Waals surface area (Å²) in [6.07, 6.45) is 0.506. The second-order valence-corrected chi connectivity index (χ2v) is 4.61. The van der Waals surface area contributed by atoms with Crippen LogP contribution in [0.5, 0.6) is 17.2 Å². The van der Waals surface area contributed by atoms with Crippen LogP contribution in [-0.2, 0) is 6.54 Å². The number of nitrogens with zero attached hydrogens (tertiary/aromatic N) is 4. The first-order chi connectivity index (χ1) is 11.2. The van der Waals surface area contributed by atoms with E-state index in [4.69, 9.17) is 19.3 Å². The number of aromatic nitrogens is 3. The molecular formula is C15H18N4O4. The molecule has 2 rings (SSSR count). The molecule has 0 unspecified atom stereocenters. The molecule has 0 aliphatic heterocycles. The molecule has 8 nitrogen and oxygen atoms in total. The molecule has 0 radical (unpaired) electrons. The largest absolute Gasteiger partial charge is 0.493 e. The lowest BCUT2D eigenvalue weighted by Crippen LogP contribution is -2.05. The monoisotopic (exact) mass is 318 g/mol. The Balaban J connectivity index is 2.62. The first kappa shape index (κ1) is 16.6. The van der Waals surface area contributed by atoms with E-state index in [-0.39, 0.29) is 12.3 Å². The van der Waals surface area contributed by atoms with Crippen LogP contribution in [0.2, 0.25) is 0 Å². The van der Waals surface area contributed by atoms with Gasteiger partial charge in [0.25, 0.3) is 0 Å². The minimum absolute atomic E-state index is 0.0242. The fourth-order valence-corrected chi connectivity index (χ4v) is 2.27. The maximum atomic E-state index is 9.27. The van der Waals surface area contributed by atoms with E-state index in [1.807, 2.05) is 6.07 Å². The fourth-order valence-electron chi connectivity index (χ4n) is 2.27. The van der Waals surface area contributed by atoms with E-state index in [1.165, 1.54) is 21.3 Å². The Labute approximate surface area is 133 Å². The van der Waals surface area contributed by atoms with Gasteiger partial charge < -0.3 is 19.3 Å². The standard InChI is InChI=1S/C15H18N4O4/c1-21-12-7-10(8-13(22-2)15(12)23-3)14-11(9-16)17-18-19(14)5-4-6-20/h7-8,20H,4-6H2,1-3H3. The molecule has 0 spiro atoms. The Hall–Kier alpha value is -2.79. The highest BCUT2D eigenvalue weighted by Gasteiger charge is 2.20. The van der Waals surface area contributed by atoms with Crippen molar-refractivity contribution in [3.63, 3.8) is 0 Å². The molecule has 122 valence electrons. The van der Waals surface area contributed by atoms with Crippen LogP contribution < -0.4 is 14.2 Å². The average molecular weight is 318 g/mol. The SMILES string of the molecule is COc1cc(-c2c(C#N)nnn2CCCO)cc(OC)c1OC. The van der Waals surface area contributed by atoms with Crippen molar-refractivity contribution in [1.82, 2.24) is 15.0 Å². The number of hydrogen-bond acceptors (Lipinski definition) is 7. The summed E-state index contributed by atoms with van der Waals surface area (Å²) in [5.41, 5.74) is 1.40. The second-order valence-electron chi connectivity index (χ2n) is 4.61. The van der Waals surface area contributed by atoms with Gasteiger partial charge in [-0.3, -0.25) is 0 Å². The van der Waals surface area contributed by atoms with Gasteiger partial charge in [-0.1, -0.05) is 5.21 Å². The molecular weight excluding hydrogens is 300 g/mol. The molecule has 0 saturated heterocycles. The van der Waals surface area contributed by atoms with Crippen molar-refractivity contribution in [2.45, 2.75) is 13.0 Å². The summed E-state index contributed by atoms with van der Waals surface area (Å²) in [5, 5.41) is 26.1. The normalized spacial score (nSPS) is 10.2. The predicted octanol–water partition coefficient (Wildman–Crippen LogP) is 1.22. The van der Waals surface area contributed by atoms with Crippen molar-refractivity contribution in [3.05, 3.63) is 17.8 Å². The van der Waals surface area contributed by atoms with Crippen LogP contribution in [0.4, 0.5) is 0 Å². The maximum absolute atomic E-state index is 9.27. The van der Waals surface area contributed by atoms with Gasteiger partial charge in [0.15, 0.2) is 17.2 Å². The lowest BCUT2D eigenvalue weighted by Gasteiger charge is -2.14. The zero-order valence-electron chi connectivity index (χ0n) is 13.2. The first-order valence-corrected chi connectivity index (χ1v) is 6.95. The molecule has 1 N–H and O–H groups in total. The van der Waals surface area contributed by atoms with Gasteiger partial charge in [-0.2, -0.15) is 5.26 Å². The summed E-state index contributed by atoms with van der Waals surface area (Å²) in [5.74, 6) is 1.41. The number of benzene rings is 1. The summed E-state index contributed by atoms with van der Waals surface area (Å²) in [4.78, 5) is 0. The highest BCUT2D eigenvalue weighted by molar-refractivity contribution is 5.71. The molecule has 0 aliphatic carbocycles. The third-order valence-electron chi connectivity index (χ3n) is 3.31. The fraction of sp³-hybridized carbons (Fsp3) is 0.400. The Kier molecular flexibility index (Phi) is 5.38. The minimum atomic E-state index is 0.0242. The minimum Gasteiger partial charge on any atom is -0.493 e. The smallest absolute Gasteiger partial charge is 0.203 e. The Bertz CT molecular complexity index is 696. The highest BCUT2D eigenvalue weighted by atomic mass is 16.5. The molecule has 0 aliphatic rings. The molecule has 0 saturated carbocycles. The molecule has 2 aromatic rings. The van der Waals surface area contributed by atoms with Crippen molar-refractivity contribution in [2.24, 2.45) is 0 Å². The van der Waals surface area contributed by atoms with E-state index in [9.17, 15) is 5.26 Å². The van der Waals surface area contributed by atoms with Gasteiger partial charge in [-0.05, 0) is 18.6 Å². The third kappa shape index (κ3) is 3.19. The van der Waals surface area contributed by atoms with Crippen molar-refractivity contribution in [1.29, 1.82) is 5.26 Å². The number of rotatable bonds is 7. The molecule has 1 aromatic carbocycles. The van der Waals surface area contributed by atoms with Gasteiger partial charge in [0, 0.05) is 18.7 Å². The van der Waals surface area contributed by atoms with Gasteiger partial charge in [-0.25, -0.2) is 4.68 Å². The lowest BCUT2D eigenvalue weighted by atomic mass is 10.1. The quantitative estimate of drug-likeness (QED) is 0.819. The number of aryl methyl sites for hydroxylation is 1. The molecule has 0 bridgehead atoms. The second kappa shape index (κ2) is 7.47. The zero-order valence-corrected chi connectivity index (χ0v) is 13.2. The molecule has 0 atom stereocenters. The van der Waals surface area contributed by atoms with E-state index in [1.54, 1.807) is 16.8 Å². The van der Waals surface area contributed by atoms with Crippen LogP contribution in [0.1, 0.15) is 12.1 Å². The van der Waals surface area contributed by atoms with E-state index in [0.717, 1.165) is 0 Å². The van der Waals surface area contributed by atoms with E-state index in [2.05, 4.69) is 10.3 Å². The van der Waals surface area contributed by atoms with Gasteiger partial charge in [-0.15, -0.1) is 5.10 Å². The average Bonchev–Trinajstić information content (AvgIpc) is 3.01. The predicted molar refractivity (Wildman–Crippen MR) is 81.5 cm³/mol. The topological polar surface area (TPSA) is 102 Å². The Morgan fingerprint density at radius 2 is 1.83 bits per heavy atom. The lowest BCUT2D eigenvalue weighted by molar-refractivity contribution is 0.276. The van der Waals surface area contributed by atoms with Crippen molar-refractivity contribution in [2.75, 3.05) is 27.9 Å². The van der Waals surface area contributed by atoms with E-state index < -0.39 is 0 Å². The summed E-state index contributed by atoms with van der Waals surface area (Å²) < 4.78 is 17.5. The van der Waals surface area contributed by atoms with Crippen molar-refractivity contribution < 1.29 is 19.3 Å². The number of aliphatic hydroxyl groups is 1. The van der Waals surface area contributed by atoms with Crippen LogP contribution in [0.15, 0.2) is 12.1 Å². The molecule has 1 heterocycles. The van der Waals surface area contributed by atoms with Crippen molar-refractivity contribution >= 4 is 0 Å². The number of nitriles is 1. The summed E-state index contributed by atoms with van der Waals surface area (Å²) >= 11 is 0. The summed E-state index contributed by atoms with van der Waals surface area (Å²) in [7, 11) is 4.56. The van der Waals surface area contributed by atoms with Crippen LogP contribution in [0, 0.1) is 11.3 Å². The summed E-state index contributed by atoms with van der Waals surface area (Å²) in [6.45, 7) is 0.466. The Morgan fingerprint density at radius 1 is 1.17 bits per heavy atom. The number of hydrogen-bond donors (Lipinski definition) is 1. The number of methoxy groups -OCH3 is 3. The van der Waals surface area contributed by atoms with Crippen LogP contribution in [0.3, 0.4) is 0 Å². The molecule has 0 fully saturated rings. The maximum Gasteiger partial charge on any atom is 0.203 e. The zero-order chi connectivity index (χ0) is 16.8. The van der Waals surface area contributed by atoms with Crippen LogP contribution in [0.25, 0.3) is 11.3 Å². The number of ether oxygens (including phenoxy) is 3. The van der Waals surface area contributed by atoms with Crippen molar-refractivity contribution in [3.8, 4) is 34.6 Å². The third-order valence-corrected chi connectivity index (χ3v) is 3.31. The van der Waals surface area contributed by atoms with E-state index >= 15 is 0 Å². The highest BCUT2D eigenvalue weighted by Crippen LogP contribution is 2.41. The van der Waals surface area contributed by atoms with E-state index in [0.29, 0.717) is 41.5 Å². The molecule has 8 heteroatoms. The van der Waals surface area contributed by atoms with Crippen LogP contribution in [-0.4, -0.2) is 48.0 Å². The van der Waals surface area contributed by atoms with Gasteiger partial charge >= 0.3 is 0 Å². The molecule has 1 aromatic heterocycles. The van der Waals surface area contributed by atoms with Crippen LogP contribution >= 0.6 is 0 Å². The van der Waals surface area contributed by atoms with Gasteiger partial charge in [0.2, 0.25) is 5.75 Å².